The molecule has 0 saturated heterocycles. The van der Waals surface area contributed by atoms with Gasteiger partial charge in [-0.15, -0.1) is 0 Å². The highest BCUT2D eigenvalue weighted by Gasteiger charge is 2.23. The van der Waals surface area contributed by atoms with Crippen LogP contribution in [0.4, 0.5) is 0 Å². The molecular weight excluding hydrogens is 329 g/mol. The molecule has 0 aliphatic heterocycles. The Balaban J connectivity index is 1.86. The first kappa shape index (κ1) is 11.0. The lowest BCUT2D eigenvalue weighted by atomic mass is 10.2. The number of para-hydroxylation sites is 1. The molecule has 1 aromatic heterocycles. The zero-order chi connectivity index (χ0) is 11.8. The number of hydrogen-bond donors (Lipinski definition) is 1. The van der Waals surface area contributed by atoms with E-state index in [4.69, 9.17) is 0 Å². The van der Waals surface area contributed by atoms with E-state index in [9.17, 15) is 4.79 Å². The maximum Gasteiger partial charge on any atom is 0.241 e. The minimum absolute atomic E-state index is 0.0529. The molecule has 0 radical (unpaired) electrons. The predicted molar refractivity (Wildman–Crippen MR) is 73.6 cm³/mol. The predicted octanol–water partition coefficient (Wildman–Crippen LogP) is 1.92. The van der Waals surface area contributed by atoms with Crippen molar-refractivity contribution in [1.82, 2.24) is 15.1 Å². The van der Waals surface area contributed by atoms with Crippen LogP contribution >= 0.6 is 22.6 Å². The van der Waals surface area contributed by atoms with Gasteiger partial charge in [0.25, 0.3) is 0 Å². The lowest BCUT2D eigenvalue weighted by Crippen LogP contribution is -2.29. The Labute approximate surface area is 113 Å². The highest BCUT2D eigenvalue weighted by Crippen LogP contribution is 2.21. The van der Waals surface area contributed by atoms with E-state index >= 15 is 0 Å². The number of nitrogens with one attached hydrogen (secondary N) is 1. The van der Waals surface area contributed by atoms with Gasteiger partial charge < -0.3 is 5.32 Å². The number of benzene rings is 1. The molecule has 1 saturated carbocycles. The van der Waals surface area contributed by atoms with E-state index < -0.39 is 0 Å². The summed E-state index contributed by atoms with van der Waals surface area (Å²) < 4.78 is 2.71. The second-order valence-corrected chi connectivity index (χ2v) is 5.33. The first-order valence-electron chi connectivity index (χ1n) is 5.64. The van der Waals surface area contributed by atoms with E-state index in [1.807, 2.05) is 24.3 Å². The summed E-state index contributed by atoms with van der Waals surface area (Å²) in [7, 11) is 0. The van der Waals surface area contributed by atoms with E-state index in [1.165, 1.54) is 0 Å². The summed E-state index contributed by atoms with van der Waals surface area (Å²) >= 11 is 2.20. The number of nitrogens with zero attached hydrogens (tertiary/aromatic N) is 2. The third kappa shape index (κ3) is 2.29. The van der Waals surface area contributed by atoms with Crippen molar-refractivity contribution in [3.8, 4) is 0 Å². The molecule has 5 heteroatoms. The molecule has 1 N–H and O–H groups in total. The van der Waals surface area contributed by atoms with Crippen molar-refractivity contribution in [2.24, 2.45) is 0 Å². The number of rotatable bonds is 3. The SMILES string of the molecule is O=C(Cn1nc(I)c2ccccc21)NC1CC1. The molecular formula is C12H12IN3O. The quantitative estimate of drug-likeness (QED) is 0.868. The fraction of sp³-hybridized carbons (Fsp3) is 0.333. The van der Waals surface area contributed by atoms with Gasteiger partial charge >= 0.3 is 0 Å². The van der Waals surface area contributed by atoms with Gasteiger partial charge in [-0.05, 0) is 41.5 Å². The molecule has 1 aromatic carbocycles. The second kappa shape index (κ2) is 4.29. The summed E-state index contributed by atoms with van der Waals surface area (Å²) in [5, 5.41) is 8.48. The molecule has 0 bridgehead atoms. The molecule has 88 valence electrons. The number of fused-ring (bicyclic) bond motifs is 1. The number of carbonyl (C=O) groups is 1. The van der Waals surface area contributed by atoms with Gasteiger partial charge in [-0.25, -0.2) is 0 Å². The number of aromatic nitrogens is 2. The number of halogens is 1. The molecule has 17 heavy (non-hydrogen) atoms. The first-order chi connectivity index (χ1) is 8.24. The molecule has 0 atom stereocenters. The minimum Gasteiger partial charge on any atom is -0.352 e. The summed E-state index contributed by atoms with van der Waals surface area (Å²) in [6, 6.07) is 8.38. The average molecular weight is 341 g/mol. The van der Waals surface area contributed by atoms with Crippen LogP contribution in [0, 0.1) is 3.70 Å². The van der Waals surface area contributed by atoms with Crippen LogP contribution in [0.25, 0.3) is 10.9 Å². The maximum atomic E-state index is 11.7. The largest absolute Gasteiger partial charge is 0.352 e. The van der Waals surface area contributed by atoms with Crippen LogP contribution in [0.1, 0.15) is 12.8 Å². The summed E-state index contributed by atoms with van der Waals surface area (Å²) in [5.41, 5.74) is 1.02. The molecule has 1 fully saturated rings. The minimum atomic E-state index is 0.0529. The van der Waals surface area contributed by atoms with Gasteiger partial charge in [-0.1, -0.05) is 18.2 Å². The van der Waals surface area contributed by atoms with Crippen LogP contribution < -0.4 is 5.32 Å². The zero-order valence-corrected chi connectivity index (χ0v) is 11.3. The Morgan fingerprint density at radius 2 is 2.24 bits per heavy atom. The summed E-state index contributed by atoms with van der Waals surface area (Å²) in [4.78, 5) is 11.7. The van der Waals surface area contributed by atoms with Crippen molar-refractivity contribution in [3.05, 3.63) is 28.0 Å². The molecule has 1 heterocycles. The lowest BCUT2D eigenvalue weighted by Gasteiger charge is -2.04. The monoisotopic (exact) mass is 341 g/mol. The fourth-order valence-corrected chi connectivity index (χ4v) is 2.56. The normalized spacial score (nSPS) is 15.1. The van der Waals surface area contributed by atoms with Gasteiger partial charge in [0.05, 0.1) is 5.52 Å². The smallest absolute Gasteiger partial charge is 0.241 e. The third-order valence-electron chi connectivity index (χ3n) is 2.85. The number of carbonyl (C=O) groups excluding carboxylic acids is 1. The molecule has 4 nitrogen and oxygen atoms in total. The summed E-state index contributed by atoms with van der Waals surface area (Å²) in [5.74, 6) is 0.0529. The standard InChI is InChI=1S/C12H12IN3O/c13-12-9-3-1-2-4-10(9)16(15-12)7-11(17)14-8-5-6-8/h1-4,8H,5-7H2,(H,14,17). The van der Waals surface area contributed by atoms with Crippen LogP contribution in [0.2, 0.25) is 0 Å². The van der Waals surface area contributed by atoms with Gasteiger partial charge in [0, 0.05) is 11.4 Å². The lowest BCUT2D eigenvalue weighted by molar-refractivity contribution is -0.121. The Kier molecular flexibility index (Phi) is 2.78. The third-order valence-corrected chi connectivity index (χ3v) is 3.65. The zero-order valence-electron chi connectivity index (χ0n) is 9.19. The highest BCUT2D eigenvalue weighted by atomic mass is 127. The molecule has 1 aliphatic rings. The average Bonchev–Trinajstić information content (AvgIpc) is 3.06. The fourth-order valence-electron chi connectivity index (χ4n) is 1.84. The van der Waals surface area contributed by atoms with Crippen LogP contribution in [-0.2, 0) is 11.3 Å². The number of hydrogen-bond acceptors (Lipinski definition) is 2. The van der Waals surface area contributed by atoms with Gasteiger partial charge in [0.2, 0.25) is 5.91 Å². The van der Waals surface area contributed by atoms with Crippen LogP contribution in [-0.4, -0.2) is 21.7 Å². The van der Waals surface area contributed by atoms with E-state index in [0.29, 0.717) is 12.6 Å². The van der Waals surface area contributed by atoms with Gasteiger partial charge in [0.1, 0.15) is 10.2 Å². The van der Waals surface area contributed by atoms with Crippen molar-refractivity contribution in [2.45, 2.75) is 25.4 Å². The molecule has 0 spiro atoms. The molecule has 3 rings (SSSR count). The van der Waals surface area contributed by atoms with Gasteiger partial charge in [-0.2, -0.15) is 5.10 Å². The molecule has 1 amide bonds. The first-order valence-corrected chi connectivity index (χ1v) is 6.72. The second-order valence-electron chi connectivity index (χ2n) is 4.31. The molecule has 2 aromatic rings. The van der Waals surface area contributed by atoms with Crippen LogP contribution in [0.5, 0.6) is 0 Å². The Morgan fingerprint density at radius 3 is 3.00 bits per heavy atom. The Morgan fingerprint density at radius 1 is 1.47 bits per heavy atom. The van der Waals surface area contributed by atoms with Crippen LogP contribution in [0.3, 0.4) is 0 Å². The van der Waals surface area contributed by atoms with E-state index in [-0.39, 0.29) is 5.91 Å². The summed E-state index contributed by atoms with van der Waals surface area (Å²) in [6.45, 7) is 0.306. The number of amides is 1. The summed E-state index contributed by atoms with van der Waals surface area (Å²) in [6.07, 6.45) is 2.23. The van der Waals surface area contributed by atoms with Gasteiger partial charge in [0.15, 0.2) is 0 Å². The van der Waals surface area contributed by atoms with Crippen molar-refractivity contribution < 1.29 is 4.79 Å². The van der Waals surface area contributed by atoms with E-state index in [2.05, 4.69) is 33.0 Å². The molecule has 0 unspecified atom stereocenters. The van der Waals surface area contributed by atoms with E-state index in [0.717, 1.165) is 27.4 Å². The Bertz CT molecular complexity index is 574. The van der Waals surface area contributed by atoms with Gasteiger partial charge in [-0.3, -0.25) is 9.48 Å². The van der Waals surface area contributed by atoms with Crippen molar-refractivity contribution >= 4 is 39.4 Å². The molecule has 1 aliphatic carbocycles. The maximum absolute atomic E-state index is 11.7. The Hall–Kier alpha value is -1.11. The highest BCUT2D eigenvalue weighted by molar-refractivity contribution is 14.1. The van der Waals surface area contributed by atoms with Crippen molar-refractivity contribution in [3.63, 3.8) is 0 Å². The van der Waals surface area contributed by atoms with Crippen LogP contribution in [0.15, 0.2) is 24.3 Å². The van der Waals surface area contributed by atoms with Crippen molar-refractivity contribution in [2.75, 3.05) is 0 Å². The van der Waals surface area contributed by atoms with E-state index in [1.54, 1.807) is 4.68 Å². The van der Waals surface area contributed by atoms with Crippen molar-refractivity contribution in [1.29, 1.82) is 0 Å². The topological polar surface area (TPSA) is 46.9 Å².